The van der Waals surface area contributed by atoms with Gasteiger partial charge in [-0.2, -0.15) is 5.10 Å². The number of anilines is 1. The van der Waals surface area contributed by atoms with E-state index in [1.165, 1.54) is 11.8 Å². The predicted octanol–water partition coefficient (Wildman–Crippen LogP) is 1.36. The number of rotatable bonds is 3. The summed E-state index contributed by atoms with van der Waals surface area (Å²) < 4.78 is 5.56. The number of thioether (sulfide) groups is 1. The monoisotopic (exact) mass is 269 g/mol. The topological polar surface area (TPSA) is 65.9 Å². The van der Waals surface area contributed by atoms with Crippen LogP contribution in [0.25, 0.3) is 0 Å². The fourth-order valence-electron chi connectivity index (χ4n) is 1.22. The molecule has 1 atom stereocenters. The van der Waals surface area contributed by atoms with Crippen molar-refractivity contribution in [3.8, 4) is 5.75 Å². The average Bonchev–Trinajstić information content (AvgIpc) is 2.66. The van der Waals surface area contributed by atoms with E-state index < -0.39 is 6.23 Å². The summed E-state index contributed by atoms with van der Waals surface area (Å²) in [4.78, 5) is 0. The quantitative estimate of drug-likeness (QED) is 0.569. The molecule has 1 saturated heterocycles. The van der Waals surface area contributed by atoms with E-state index in [4.69, 9.17) is 17.0 Å². The molecule has 1 unspecified atom stereocenters. The summed E-state index contributed by atoms with van der Waals surface area (Å²) in [5.41, 5.74) is 3.65. The average molecular weight is 269 g/mol. The lowest BCUT2D eigenvalue weighted by Gasteiger charge is -2.04. The van der Waals surface area contributed by atoms with Gasteiger partial charge in [-0.3, -0.25) is 5.43 Å². The highest BCUT2D eigenvalue weighted by molar-refractivity contribution is 8.33. The summed E-state index contributed by atoms with van der Waals surface area (Å²) in [6.45, 7) is 0. The van der Waals surface area contributed by atoms with E-state index in [-0.39, 0.29) is 0 Å². The second kappa shape index (κ2) is 5.35. The third-order valence-corrected chi connectivity index (χ3v) is 3.27. The fourth-order valence-corrected chi connectivity index (χ4v) is 2.21. The van der Waals surface area contributed by atoms with Gasteiger partial charge in [0.1, 0.15) is 15.1 Å². The lowest BCUT2D eigenvalue weighted by atomic mass is 10.3. The third-order valence-electron chi connectivity index (χ3n) is 2.07. The smallest absolute Gasteiger partial charge is 0.177 e. The molecule has 0 amide bonds. The molecule has 0 radical (unpaired) electrons. The summed E-state index contributed by atoms with van der Waals surface area (Å²) in [6.07, 6.45) is -0.821. The second-order valence-corrected chi connectivity index (χ2v) is 4.92. The van der Waals surface area contributed by atoms with Crippen molar-refractivity contribution in [3.63, 3.8) is 0 Å². The van der Waals surface area contributed by atoms with Crippen molar-refractivity contribution in [2.45, 2.75) is 6.23 Å². The minimum atomic E-state index is -0.821. The molecule has 2 rings (SSSR count). The molecule has 1 aliphatic rings. The normalized spacial score (nSPS) is 21.4. The highest BCUT2D eigenvalue weighted by Crippen LogP contribution is 2.18. The van der Waals surface area contributed by atoms with Crippen molar-refractivity contribution in [2.24, 2.45) is 5.10 Å². The van der Waals surface area contributed by atoms with E-state index in [1.807, 2.05) is 24.3 Å². The number of hydrazone groups is 1. The molecular formula is C10H11N3O2S2. The molecule has 0 spiro atoms. The maximum Gasteiger partial charge on any atom is 0.177 e. The molecule has 1 aliphatic heterocycles. The summed E-state index contributed by atoms with van der Waals surface area (Å²) in [7, 11) is 1.61. The standard InChI is InChI=1S/C10H11N3O2S2/c1-15-7-4-2-6(3-5-7)12-13-9-8(14)11-10(16)17-9/h2-5,8,12,14H,1H3,(H,11,16)/b13-9+. The van der Waals surface area contributed by atoms with Crippen LogP contribution in [0.3, 0.4) is 0 Å². The molecule has 90 valence electrons. The number of aliphatic hydroxyl groups is 1. The molecule has 1 fully saturated rings. The Morgan fingerprint density at radius 3 is 2.71 bits per heavy atom. The number of hydrogen-bond donors (Lipinski definition) is 3. The van der Waals surface area contributed by atoms with E-state index >= 15 is 0 Å². The first-order valence-corrected chi connectivity index (χ1v) is 6.05. The van der Waals surface area contributed by atoms with Crippen LogP contribution >= 0.6 is 24.0 Å². The number of benzene rings is 1. The Kier molecular flexibility index (Phi) is 3.82. The van der Waals surface area contributed by atoms with Gasteiger partial charge in [0.15, 0.2) is 6.23 Å². The van der Waals surface area contributed by atoms with E-state index in [0.717, 1.165) is 11.4 Å². The van der Waals surface area contributed by atoms with Crippen LogP contribution in [0.5, 0.6) is 5.75 Å². The Morgan fingerprint density at radius 2 is 2.18 bits per heavy atom. The SMILES string of the molecule is COc1ccc(N/N=C2/SC(=S)NC2O)cc1. The molecule has 0 saturated carbocycles. The van der Waals surface area contributed by atoms with Gasteiger partial charge >= 0.3 is 0 Å². The van der Waals surface area contributed by atoms with Crippen LogP contribution in [-0.4, -0.2) is 27.8 Å². The Balaban J connectivity index is 2.01. The van der Waals surface area contributed by atoms with E-state index in [9.17, 15) is 5.11 Å². The molecule has 1 aromatic carbocycles. The van der Waals surface area contributed by atoms with Crippen molar-refractivity contribution in [3.05, 3.63) is 24.3 Å². The van der Waals surface area contributed by atoms with Gasteiger partial charge in [0.25, 0.3) is 0 Å². The first kappa shape index (κ1) is 12.2. The highest BCUT2D eigenvalue weighted by Gasteiger charge is 2.24. The number of aliphatic hydroxyl groups excluding tert-OH is 1. The largest absolute Gasteiger partial charge is 0.497 e. The summed E-state index contributed by atoms with van der Waals surface area (Å²) in [5, 5.41) is 16.8. The molecule has 0 bridgehead atoms. The number of thiocarbonyl (C=S) groups is 1. The molecule has 0 aliphatic carbocycles. The zero-order chi connectivity index (χ0) is 12.3. The Morgan fingerprint density at radius 1 is 1.47 bits per heavy atom. The maximum absolute atomic E-state index is 9.51. The Labute approximate surface area is 108 Å². The van der Waals surface area contributed by atoms with Crippen LogP contribution in [0.1, 0.15) is 0 Å². The van der Waals surface area contributed by atoms with Gasteiger partial charge in [0.05, 0.1) is 12.8 Å². The summed E-state index contributed by atoms with van der Waals surface area (Å²) in [5.74, 6) is 0.779. The molecule has 3 N–H and O–H groups in total. The van der Waals surface area contributed by atoms with Gasteiger partial charge in [-0.15, -0.1) is 0 Å². The number of nitrogens with zero attached hydrogens (tertiary/aromatic N) is 1. The van der Waals surface area contributed by atoms with Gasteiger partial charge in [0.2, 0.25) is 0 Å². The molecule has 1 aromatic rings. The lowest BCUT2D eigenvalue weighted by Crippen LogP contribution is -2.28. The van der Waals surface area contributed by atoms with Gasteiger partial charge in [-0.25, -0.2) is 0 Å². The van der Waals surface area contributed by atoms with Crippen LogP contribution in [0, 0.1) is 0 Å². The predicted molar refractivity (Wildman–Crippen MR) is 73.4 cm³/mol. The lowest BCUT2D eigenvalue weighted by molar-refractivity contribution is 0.234. The number of hydrogen-bond acceptors (Lipinski definition) is 6. The van der Waals surface area contributed by atoms with Crippen LogP contribution in [0.15, 0.2) is 29.4 Å². The molecule has 0 aromatic heterocycles. The van der Waals surface area contributed by atoms with Crippen molar-refractivity contribution in [2.75, 3.05) is 12.5 Å². The zero-order valence-electron chi connectivity index (χ0n) is 9.01. The molecular weight excluding hydrogens is 258 g/mol. The minimum Gasteiger partial charge on any atom is -0.497 e. The van der Waals surface area contributed by atoms with Gasteiger partial charge < -0.3 is 15.2 Å². The van der Waals surface area contributed by atoms with E-state index in [0.29, 0.717) is 9.36 Å². The van der Waals surface area contributed by atoms with Crippen LogP contribution in [-0.2, 0) is 0 Å². The van der Waals surface area contributed by atoms with Crippen molar-refractivity contribution in [1.82, 2.24) is 5.32 Å². The van der Waals surface area contributed by atoms with Crippen LogP contribution in [0.4, 0.5) is 5.69 Å². The van der Waals surface area contributed by atoms with Crippen LogP contribution in [0.2, 0.25) is 0 Å². The van der Waals surface area contributed by atoms with Gasteiger partial charge in [-0.1, -0.05) is 12.2 Å². The fraction of sp³-hybridized carbons (Fsp3) is 0.200. The highest BCUT2D eigenvalue weighted by atomic mass is 32.2. The number of nitrogens with one attached hydrogen (secondary N) is 2. The van der Waals surface area contributed by atoms with Crippen molar-refractivity contribution >= 4 is 39.0 Å². The van der Waals surface area contributed by atoms with Crippen molar-refractivity contribution in [1.29, 1.82) is 0 Å². The molecule has 5 nitrogen and oxygen atoms in total. The Bertz CT molecular complexity index is 447. The van der Waals surface area contributed by atoms with Gasteiger partial charge in [-0.05, 0) is 36.0 Å². The van der Waals surface area contributed by atoms with Crippen molar-refractivity contribution < 1.29 is 9.84 Å². The molecule has 1 heterocycles. The summed E-state index contributed by atoms with van der Waals surface area (Å²) in [6, 6.07) is 7.31. The third kappa shape index (κ3) is 3.09. The minimum absolute atomic E-state index is 0.505. The number of methoxy groups -OCH3 is 1. The van der Waals surface area contributed by atoms with Crippen LogP contribution < -0.4 is 15.5 Å². The Hall–Kier alpha value is -1.31. The second-order valence-electron chi connectivity index (χ2n) is 3.23. The molecule has 17 heavy (non-hydrogen) atoms. The van der Waals surface area contributed by atoms with Gasteiger partial charge in [0, 0.05) is 0 Å². The summed E-state index contributed by atoms with van der Waals surface area (Å²) >= 11 is 6.14. The maximum atomic E-state index is 9.51. The number of ether oxygens (including phenoxy) is 1. The molecule has 7 heteroatoms. The first-order valence-electron chi connectivity index (χ1n) is 4.83. The zero-order valence-corrected chi connectivity index (χ0v) is 10.6. The van der Waals surface area contributed by atoms with E-state index in [2.05, 4.69) is 15.8 Å². The first-order chi connectivity index (χ1) is 8.19. The van der Waals surface area contributed by atoms with E-state index in [1.54, 1.807) is 7.11 Å².